The normalized spacial score (nSPS) is 14.5. The highest BCUT2D eigenvalue weighted by Crippen LogP contribution is 2.47. The third-order valence-corrected chi connectivity index (χ3v) is 6.31. The minimum atomic E-state index is -0.533. The molecular formula is C24H47ClN2O. The zero-order valence-corrected chi connectivity index (χ0v) is 19.4. The molecule has 0 bridgehead atoms. The van der Waals surface area contributed by atoms with Crippen molar-refractivity contribution in [3.63, 3.8) is 0 Å². The van der Waals surface area contributed by atoms with Crippen LogP contribution < -0.4 is 5.73 Å². The molecule has 3 N–H and O–H groups in total. The number of nitrogens with two attached hydrogens (primary N) is 1. The predicted molar refractivity (Wildman–Crippen MR) is 125 cm³/mol. The van der Waals surface area contributed by atoms with Crippen LogP contribution in [0, 0.1) is 10.8 Å². The summed E-state index contributed by atoms with van der Waals surface area (Å²) in [5.74, 6) is 0.315. The summed E-state index contributed by atoms with van der Waals surface area (Å²) < 4.78 is 0. The molecule has 0 atom stereocenters. The molecule has 0 aromatic heterocycles. The maximum Gasteiger partial charge on any atom is 0.146 e. The fourth-order valence-electron chi connectivity index (χ4n) is 4.07. The monoisotopic (exact) mass is 414 g/mol. The molecule has 1 aliphatic carbocycles. The maximum absolute atomic E-state index is 12.1. The van der Waals surface area contributed by atoms with Gasteiger partial charge in [0.1, 0.15) is 11.6 Å². The van der Waals surface area contributed by atoms with E-state index in [4.69, 9.17) is 11.1 Å². The van der Waals surface area contributed by atoms with E-state index in [2.05, 4.69) is 6.92 Å². The van der Waals surface area contributed by atoms with Crippen molar-refractivity contribution in [1.82, 2.24) is 0 Å². The highest BCUT2D eigenvalue weighted by atomic mass is 35.5. The number of nitrogens with one attached hydrogen (secondary N) is 1. The molecule has 28 heavy (non-hydrogen) atoms. The van der Waals surface area contributed by atoms with E-state index in [-0.39, 0.29) is 24.0 Å². The van der Waals surface area contributed by atoms with Crippen LogP contribution in [-0.2, 0) is 4.79 Å². The summed E-state index contributed by atoms with van der Waals surface area (Å²) in [7, 11) is 0. The number of halogens is 1. The number of unbranched alkanes of at least 4 members (excludes halogenated alkanes) is 16. The lowest BCUT2D eigenvalue weighted by molar-refractivity contribution is -0.122. The first-order valence-corrected chi connectivity index (χ1v) is 12.0. The Morgan fingerprint density at radius 3 is 1.32 bits per heavy atom. The molecule has 0 spiro atoms. The second-order valence-electron chi connectivity index (χ2n) is 8.83. The number of Topliss-reactive ketones (excluding diaryl/α,β-unsaturated/α-hetero) is 1. The fraction of sp³-hybridized carbons (Fsp3) is 0.917. The minimum absolute atomic E-state index is 0. The standard InChI is InChI=1S/C24H46N2O.ClH/c1-2-3-4-5-6-7-8-9-10-11-12-13-14-15-16-17-18-19-22(27)24(20-21-24)23(25)26;/h2-21H2,1H3,(H3,25,26);1H. The van der Waals surface area contributed by atoms with E-state index in [0.717, 1.165) is 25.7 Å². The SMILES string of the molecule is CCCCCCCCCCCCCCCCCCCC(=O)C1(C(=N)N)CC1.Cl. The molecule has 0 unspecified atom stereocenters. The third-order valence-electron chi connectivity index (χ3n) is 6.31. The van der Waals surface area contributed by atoms with Gasteiger partial charge in [-0.25, -0.2) is 0 Å². The minimum Gasteiger partial charge on any atom is -0.387 e. The third kappa shape index (κ3) is 12.1. The molecule has 0 amide bonds. The Balaban J connectivity index is 0.00000729. The molecule has 1 rings (SSSR count). The van der Waals surface area contributed by atoms with E-state index in [1.54, 1.807) is 0 Å². The first-order chi connectivity index (χ1) is 13.1. The van der Waals surface area contributed by atoms with Gasteiger partial charge in [0.25, 0.3) is 0 Å². The van der Waals surface area contributed by atoms with Crippen molar-refractivity contribution < 1.29 is 4.79 Å². The largest absolute Gasteiger partial charge is 0.387 e. The Morgan fingerprint density at radius 1 is 0.714 bits per heavy atom. The number of rotatable bonds is 20. The first-order valence-electron chi connectivity index (χ1n) is 12.0. The number of carbonyl (C=O) groups excluding carboxylic acids is 1. The lowest BCUT2D eigenvalue weighted by atomic mass is 9.95. The van der Waals surface area contributed by atoms with E-state index in [9.17, 15) is 4.79 Å². The quantitative estimate of drug-likeness (QED) is 0.121. The van der Waals surface area contributed by atoms with Crippen LogP contribution in [0.3, 0.4) is 0 Å². The number of hydrogen-bond donors (Lipinski definition) is 2. The van der Waals surface area contributed by atoms with Gasteiger partial charge in [-0.1, -0.05) is 110 Å². The van der Waals surface area contributed by atoms with Crippen molar-refractivity contribution in [2.75, 3.05) is 0 Å². The van der Waals surface area contributed by atoms with E-state index >= 15 is 0 Å². The van der Waals surface area contributed by atoms with Crippen molar-refractivity contribution in [2.45, 2.75) is 135 Å². The summed E-state index contributed by atoms with van der Waals surface area (Å²) >= 11 is 0. The van der Waals surface area contributed by atoms with E-state index in [1.165, 1.54) is 96.3 Å². The molecule has 0 radical (unpaired) electrons. The van der Waals surface area contributed by atoms with E-state index in [0.29, 0.717) is 6.42 Å². The van der Waals surface area contributed by atoms with E-state index < -0.39 is 5.41 Å². The molecule has 0 aromatic carbocycles. The molecule has 1 aliphatic rings. The molecule has 0 saturated heterocycles. The van der Waals surface area contributed by atoms with Gasteiger partial charge in [-0.2, -0.15) is 0 Å². The zero-order chi connectivity index (χ0) is 19.8. The average Bonchev–Trinajstić information content (AvgIpc) is 3.46. The topological polar surface area (TPSA) is 66.9 Å². The van der Waals surface area contributed by atoms with Gasteiger partial charge in [-0.15, -0.1) is 12.4 Å². The number of ketones is 1. The van der Waals surface area contributed by atoms with Gasteiger partial charge < -0.3 is 5.73 Å². The van der Waals surface area contributed by atoms with Crippen LogP contribution >= 0.6 is 12.4 Å². The molecule has 1 fully saturated rings. The van der Waals surface area contributed by atoms with Crippen LogP contribution in [-0.4, -0.2) is 11.6 Å². The second kappa shape index (κ2) is 17.3. The van der Waals surface area contributed by atoms with Gasteiger partial charge in [0.05, 0.1) is 5.41 Å². The molecule has 166 valence electrons. The van der Waals surface area contributed by atoms with Crippen molar-refractivity contribution in [3.05, 3.63) is 0 Å². The summed E-state index contributed by atoms with van der Waals surface area (Å²) in [6.45, 7) is 2.28. The van der Waals surface area contributed by atoms with Gasteiger partial charge in [0.15, 0.2) is 0 Å². The van der Waals surface area contributed by atoms with E-state index in [1.807, 2.05) is 0 Å². The Kier molecular flexibility index (Phi) is 16.9. The summed E-state index contributed by atoms with van der Waals surface area (Å²) in [4.78, 5) is 12.1. The van der Waals surface area contributed by atoms with Crippen LogP contribution in [0.25, 0.3) is 0 Å². The fourth-order valence-corrected chi connectivity index (χ4v) is 4.07. The Bertz CT molecular complexity index is 407. The lowest BCUT2D eigenvalue weighted by Crippen LogP contribution is -2.31. The van der Waals surface area contributed by atoms with Crippen LogP contribution in [0.5, 0.6) is 0 Å². The van der Waals surface area contributed by atoms with Gasteiger partial charge in [0.2, 0.25) is 0 Å². The van der Waals surface area contributed by atoms with Gasteiger partial charge in [-0.05, 0) is 19.3 Å². The molecular weight excluding hydrogens is 368 g/mol. The van der Waals surface area contributed by atoms with Gasteiger partial charge >= 0.3 is 0 Å². The number of carbonyl (C=O) groups is 1. The Morgan fingerprint density at radius 2 is 1.04 bits per heavy atom. The van der Waals surface area contributed by atoms with Gasteiger partial charge in [-0.3, -0.25) is 10.2 Å². The highest BCUT2D eigenvalue weighted by molar-refractivity contribution is 6.09. The Hall–Kier alpha value is -0.570. The Labute approximate surface area is 180 Å². The van der Waals surface area contributed by atoms with Crippen LogP contribution in [0.1, 0.15) is 135 Å². The van der Waals surface area contributed by atoms with Crippen LogP contribution in [0.4, 0.5) is 0 Å². The second-order valence-corrected chi connectivity index (χ2v) is 8.83. The maximum atomic E-state index is 12.1. The predicted octanol–water partition coefficient (Wildman–Crippen LogP) is 7.74. The molecule has 3 nitrogen and oxygen atoms in total. The summed E-state index contributed by atoms with van der Waals surface area (Å²) in [6, 6.07) is 0. The zero-order valence-electron chi connectivity index (χ0n) is 18.5. The highest BCUT2D eigenvalue weighted by Gasteiger charge is 2.51. The lowest BCUT2D eigenvalue weighted by Gasteiger charge is -2.11. The molecule has 1 saturated carbocycles. The van der Waals surface area contributed by atoms with Crippen molar-refractivity contribution in [3.8, 4) is 0 Å². The van der Waals surface area contributed by atoms with Crippen molar-refractivity contribution in [1.29, 1.82) is 5.41 Å². The van der Waals surface area contributed by atoms with Crippen LogP contribution in [0.2, 0.25) is 0 Å². The summed E-state index contributed by atoms with van der Waals surface area (Å²) in [6.07, 6.45) is 25.3. The van der Waals surface area contributed by atoms with Crippen molar-refractivity contribution in [2.24, 2.45) is 11.1 Å². The smallest absolute Gasteiger partial charge is 0.146 e. The number of hydrogen-bond acceptors (Lipinski definition) is 2. The van der Waals surface area contributed by atoms with Crippen LogP contribution in [0.15, 0.2) is 0 Å². The van der Waals surface area contributed by atoms with Crippen molar-refractivity contribution >= 4 is 24.0 Å². The number of amidine groups is 1. The van der Waals surface area contributed by atoms with Gasteiger partial charge in [0, 0.05) is 6.42 Å². The molecule has 4 heteroatoms. The molecule has 0 aromatic rings. The first kappa shape index (κ1) is 27.4. The molecule has 0 heterocycles. The average molecular weight is 415 g/mol. The molecule has 0 aliphatic heterocycles. The summed E-state index contributed by atoms with van der Waals surface area (Å²) in [5, 5.41) is 7.55. The summed E-state index contributed by atoms with van der Waals surface area (Å²) in [5.41, 5.74) is 5.03.